The molecule has 126 valence electrons. The number of thioether (sulfide) groups is 1. The van der Waals surface area contributed by atoms with Crippen LogP contribution >= 0.6 is 39.9 Å². The minimum Gasteiger partial charge on any atom is -0.359 e. The summed E-state index contributed by atoms with van der Waals surface area (Å²) in [6, 6.07) is 8.57. The maximum atomic E-state index is 12.1. The Kier molecular flexibility index (Phi) is 7.65. The number of carbonyl (C=O) groups excluding carboxylic acids is 1. The number of thiocarbonyl (C=S) groups is 1. The van der Waals surface area contributed by atoms with E-state index in [1.165, 1.54) is 18.4 Å². The van der Waals surface area contributed by atoms with Crippen LogP contribution in [0.1, 0.15) is 38.2 Å². The molecule has 1 aromatic rings. The second-order valence-electron chi connectivity index (χ2n) is 5.65. The molecule has 0 spiro atoms. The molecule has 1 aliphatic rings. The second-order valence-corrected chi connectivity index (χ2v) is 8.30. The highest BCUT2D eigenvalue weighted by Crippen LogP contribution is 2.19. The smallest absolute Gasteiger partial charge is 0.251 e. The molecule has 3 N–H and O–H groups in total. The molecule has 0 saturated heterocycles. The van der Waals surface area contributed by atoms with Gasteiger partial charge in [0, 0.05) is 16.3 Å². The van der Waals surface area contributed by atoms with Gasteiger partial charge in [0.2, 0.25) is 0 Å². The summed E-state index contributed by atoms with van der Waals surface area (Å²) in [5.41, 5.74) is 6.68. The second kappa shape index (κ2) is 9.49. The molecule has 0 aliphatic heterocycles. The van der Waals surface area contributed by atoms with Crippen LogP contribution in [0.4, 0.5) is 0 Å². The van der Waals surface area contributed by atoms with Crippen molar-refractivity contribution in [2.45, 2.75) is 49.7 Å². The number of halogens is 1. The lowest BCUT2D eigenvalue weighted by Crippen LogP contribution is -2.50. The number of hydrazine groups is 1. The minimum atomic E-state index is -0.152. The van der Waals surface area contributed by atoms with Crippen molar-refractivity contribution < 1.29 is 4.79 Å². The highest BCUT2D eigenvalue weighted by molar-refractivity contribution is 9.10. The molecular formula is C16H22BrN3OS2. The third-order valence-electron chi connectivity index (χ3n) is 3.77. The third-order valence-corrected chi connectivity index (χ3v) is 5.73. The normalized spacial score (nSPS) is 15.9. The average Bonchev–Trinajstić information content (AvgIpc) is 3.04. The summed E-state index contributed by atoms with van der Waals surface area (Å²) in [5, 5.41) is 3.57. The van der Waals surface area contributed by atoms with Gasteiger partial charge >= 0.3 is 0 Å². The van der Waals surface area contributed by atoms with Gasteiger partial charge in [-0.25, -0.2) is 0 Å². The van der Waals surface area contributed by atoms with E-state index in [9.17, 15) is 4.79 Å². The molecule has 23 heavy (non-hydrogen) atoms. The van der Waals surface area contributed by atoms with E-state index in [0.717, 1.165) is 23.1 Å². The molecule has 0 unspecified atom stereocenters. The molecule has 4 nitrogen and oxygen atoms in total. The van der Waals surface area contributed by atoms with Crippen molar-refractivity contribution in [3.05, 3.63) is 34.3 Å². The van der Waals surface area contributed by atoms with Crippen LogP contribution in [0.15, 0.2) is 28.7 Å². The Hall–Kier alpha value is -0.790. The van der Waals surface area contributed by atoms with Crippen LogP contribution in [-0.4, -0.2) is 22.3 Å². The first-order valence-corrected chi connectivity index (χ1v) is 10.0. The van der Waals surface area contributed by atoms with E-state index in [4.69, 9.17) is 12.2 Å². The zero-order valence-corrected chi connectivity index (χ0v) is 16.3. The fraction of sp³-hybridized carbons (Fsp3) is 0.500. The van der Waals surface area contributed by atoms with Gasteiger partial charge < -0.3 is 5.32 Å². The summed E-state index contributed by atoms with van der Waals surface area (Å²) in [7, 11) is 0. The molecular weight excluding hydrogens is 394 g/mol. The van der Waals surface area contributed by atoms with E-state index in [1.54, 1.807) is 11.8 Å². The van der Waals surface area contributed by atoms with Gasteiger partial charge in [0.25, 0.3) is 5.91 Å². The summed E-state index contributed by atoms with van der Waals surface area (Å²) in [6.45, 7) is 1.90. The highest BCUT2D eigenvalue weighted by atomic mass is 79.9. The number of amides is 1. The largest absolute Gasteiger partial charge is 0.359 e. The van der Waals surface area contributed by atoms with E-state index in [2.05, 4.69) is 44.2 Å². The summed E-state index contributed by atoms with van der Waals surface area (Å²) in [6.07, 6.45) is 4.79. The fourth-order valence-corrected chi connectivity index (χ4v) is 3.72. The molecule has 1 atom stereocenters. The minimum absolute atomic E-state index is 0.0670. The molecule has 0 aromatic heterocycles. The molecule has 1 saturated carbocycles. The van der Waals surface area contributed by atoms with Gasteiger partial charge in [0.15, 0.2) is 5.11 Å². The predicted molar refractivity (Wildman–Crippen MR) is 104 cm³/mol. The maximum Gasteiger partial charge on any atom is 0.251 e. The molecule has 1 fully saturated rings. The van der Waals surface area contributed by atoms with Gasteiger partial charge in [-0.3, -0.25) is 15.6 Å². The SMILES string of the molecule is C[C@H](SCc1ccc(Br)cc1)C(=O)NNC(=S)NC1CCCC1. The van der Waals surface area contributed by atoms with Crippen LogP contribution in [0.25, 0.3) is 0 Å². The molecule has 0 radical (unpaired) electrons. The zero-order valence-electron chi connectivity index (χ0n) is 13.1. The molecule has 2 rings (SSSR count). The Morgan fingerprint density at radius 2 is 1.96 bits per heavy atom. The monoisotopic (exact) mass is 415 g/mol. The molecule has 7 heteroatoms. The lowest BCUT2D eigenvalue weighted by Gasteiger charge is -2.17. The summed E-state index contributed by atoms with van der Waals surface area (Å²) >= 11 is 10.2. The molecule has 1 aliphatic carbocycles. The number of hydrogen-bond acceptors (Lipinski definition) is 3. The Morgan fingerprint density at radius 3 is 2.61 bits per heavy atom. The standard InChI is InChI=1S/C16H22BrN3OS2/c1-11(23-10-12-6-8-13(17)9-7-12)15(21)19-20-16(22)18-14-4-2-3-5-14/h6-9,11,14H,2-5,10H2,1H3,(H,19,21)(H2,18,20,22)/t11-/m0/s1. The summed E-state index contributed by atoms with van der Waals surface area (Å²) in [5.74, 6) is 0.731. The van der Waals surface area contributed by atoms with Crippen molar-refractivity contribution in [1.82, 2.24) is 16.2 Å². The van der Waals surface area contributed by atoms with Gasteiger partial charge in [0.05, 0.1) is 5.25 Å². The number of hydrogen-bond donors (Lipinski definition) is 3. The van der Waals surface area contributed by atoms with Crippen molar-refractivity contribution in [3.8, 4) is 0 Å². The number of rotatable bonds is 5. The van der Waals surface area contributed by atoms with Crippen LogP contribution in [0.3, 0.4) is 0 Å². The average molecular weight is 416 g/mol. The molecule has 0 bridgehead atoms. The van der Waals surface area contributed by atoms with Crippen LogP contribution in [0.5, 0.6) is 0 Å². The Bertz CT molecular complexity index is 533. The number of benzene rings is 1. The molecule has 1 amide bonds. The van der Waals surface area contributed by atoms with Gasteiger partial charge in [0.1, 0.15) is 0 Å². The number of carbonyl (C=O) groups is 1. The van der Waals surface area contributed by atoms with Crippen molar-refractivity contribution in [2.24, 2.45) is 0 Å². The van der Waals surface area contributed by atoms with E-state index < -0.39 is 0 Å². The van der Waals surface area contributed by atoms with E-state index in [0.29, 0.717) is 11.2 Å². The quantitative estimate of drug-likeness (QED) is 0.507. The van der Waals surface area contributed by atoms with Gasteiger partial charge in [-0.2, -0.15) is 0 Å². The topological polar surface area (TPSA) is 53.2 Å². The van der Waals surface area contributed by atoms with Crippen molar-refractivity contribution in [3.63, 3.8) is 0 Å². The van der Waals surface area contributed by atoms with E-state index in [-0.39, 0.29) is 11.2 Å². The molecule has 0 heterocycles. The zero-order chi connectivity index (χ0) is 16.7. The van der Waals surface area contributed by atoms with Crippen molar-refractivity contribution in [2.75, 3.05) is 0 Å². The fourth-order valence-electron chi connectivity index (χ4n) is 2.39. The Morgan fingerprint density at radius 1 is 1.30 bits per heavy atom. The predicted octanol–water partition coefficient (Wildman–Crippen LogP) is 3.51. The van der Waals surface area contributed by atoms with Crippen LogP contribution in [-0.2, 0) is 10.5 Å². The maximum absolute atomic E-state index is 12.1. The lowest BCUT2D eigenvalue weighted by atomic mass is 10.2. The summed E-state index contributed by atoms with van der Waals surface area (Å²) in [4.78, 5) is 12.1. The lowest BCUT2D eigenvalue weighted by molar-refractivity contribution is -0.120. The van der Waals surface area contributed by atoms with Crippen LogP contribution in [0, 0.1) is 0 Å². The first kappa shape index (κ1) is 18.5. The Labute approximate surface area is 155 Å². The Balaban J connectivity index is 1.65. The first-order chi connectivity index (χ1) is 11.0. The highest BCUT2D eigenvalue weighted by Gasteiger charge is 2.17. The van der Waals surface area contributed by atoms with Gasteiger partial charge in [-0.05, 0) is 49.7 Å². The van der Waals surface area contributed by atoms with Crippen LogP contribution < -0.4 is 16.2 Å². The third kappa shape index (κ3) is 6.69. The van der Waals surface area contributed by atoms with Gasteiger partial charge in [-0.15, -0.1) is 11.8 Å². The van der Waals surface area contributed by atoms with E-state index >= 15 is 0 Å². The van der Waals surface area contributed by atoms with Crippen molar-refractivity contribution in [1.29, 1.82) is 0 Å². The van der Waals surface area contributed by atoms with Gasteiger partial charge in [-0.1, -0.05) is 40.9 Å². The number of nitrogens with one attached hydrogen (secondary N) is 3. The van der Waals surface area contributed by atoms with Crippen LogP contribution in [0.2, 0.25) is 0 Å². The summed E-state index contributed by atoms with van der Waals surface area (Å²) < 4.78 is 1.06. The van der Waals surface area contributed by atoms with Crippen molar-refractivity contribution >= 4 is 50.9 Å². The molecule has 1 aromatic carbocycles. The van der Waals surface area contributed by atoms with E-state index in [1.807, 2.05) is 19.1 Å². The first-order valence-electron chi connectivity index (χ1n) is 7.77.